The highest BCUT2D eigenvalue weighted by molar-refractivity contribution is 5.02. The minimum absolute atomic E-state index is 0.251. The van der Waals surface area contributed by atoms with E-state index in [0.29, 0.717) is 12.1 Å². The molecule has 0 spiro atoms. The van der Waals surface area contributed by atoms with Crippen LogP contribution in [0.4, 0.5) is 0 Å². The van der Waals surface area contributed by atoms with Crippen LogP contribution in [0.1, 0.15) is 56.7 Å². The van der Waals surface area contributed by atoms with Crippen LogP contribution < -0.4 is 0 Å². The van der Waals surface area contributed by atoms with Crippen LogP contribution in [0.3, 0.4) is 0 Å². The van der Waals surface area contributed by atoms with Gasteiger partial charge in [0.2, 0.25) is 0 Å². The lowest BCUT2D eigenvalue weighted by atomic mass is 9.97. The lowest BCUT2D eigenvalue weighted by Gasteiger charge is -2.39. The number of likely N-dealkylation sites (tertiary alicyclic amines) is 1. The third-order valence-electron chi connectivity index (χ3n) is 4.58. The number of piperidine rings is 1. The molecule has 19 heavy (non-hydrogen) atoms. The fraction of sp³-hybridized carbons (Fsp3) is 0.857. The van der Waals surface area contributed by atoms with Crippen molar-refractivity contribution in [2.75, 3.05) is 6.61 Å². The average molecular weight is 264 g/mol. The first-order valence-electron chi connectivity index (χ1n) is 7.47. The number of aryl methyl sites for hydroxylation is 1. The van der Waals surface area contributed by atoms with Gasteiger partial charge in [0, 0.05) is 18.1 Å². The second-order valence-corrected chi connectivity index (χ2v) is 6.05. The first kappa shape index (κ1) is 13.1. The van der Waals surface area contributed by atoms with E-state index in [-0.39, 0.29) is 12.6 Å². The van der Waals surface area contributed by atoms with Crippen LogP contribution in [0.25, 0.3) is 0 Å². The van der Waals surface area contributed by atoms with Gasteiger partial charge in [0.1, 0.15) is 11.6 Å². The number of rotatable bonds is 4. The maximum atomic E-state index is 9.57. The van der Waals surface area contributed by atoms with Crippen LogP contribution in [0.15, 0.2) is 0 Å². The summed E-state index contributed by atoms with van der Waals surface area (Å²) in [6, 6.07) is 1.43. The summed E-state index contributed by atoms with van der Waals surface area (Å²) >= 11 is 0. The van der Waals surface area contributed by atoms with E-state index in [0.717, 1.165) is 24.6 Å². The quantitative estimate of drug-likeness (QED) is 0.898. The molecule has 2 atom stereocenters. The molecule has 1 saturated heterocycles. The summed E-state index contributed by atoms with van der Waals surface area (Å²) in [6.45, 7) is 5.37. The number of aromatic nitrogens is 3. The van der Waals surface area contributed by atoms with Gasteiger partial charge in [0.05, 0.1) is 13.2 Å². The molecular formula is C14H24N4O. The summed E-state index contributed by atoms with van der Waals surface area (Å²) in [7, 11) is 0. The van der Waals surface area contributed by atoms with Crippen LogP contribution in [-0.4, -0.2) is 43.5 Å². The van der Waals surface area contributed by atoms with Crippen molar-refractivity contribution in [3.63, 3.8) is 0 Å². The topological polar surface area (TPSA) is 54.2 Å². The van der Waals surface area contributed by atoms with Gasteiger partial charge in [-0.1, -0.05) is 6.42 Å². The molecule has 1 aliphatic carbocycles. The number of aliphatic hydroxyl groups is 1. The van der Waals surface area contributed by atoms with Crippen LogP contribution in [-0.2, 0) is 6.54 Å². The molecule has 3 rings (SSSR count). The fourth-order valence-corrected chi connectivity index (χ4v) is 3.31. The molecule has 2 aliphatic rings. The standard InChI is InChI=1S/C14H24N4O/c1-10-4-3-5-13(9-19)17(10)8-14-16-15-11(2)18(14)12-6-7-12/h10,12-13,19H,3-9H2,1-2H3. The molecule has 1 aliphatic heterocycles. The smallest absolute Gasteiger partial charge is 0.147 e. The van der Waals surface area contributed by atoms with Gasteiger partial charge in [-0.15, -0.1) is 10.2 Å². The molecule has 0 bridgehead atoms. The van der Waals surface area contributed by atoms with E-state index in [2.05, 4.69) is 26.6 Å². The average Bonchev–Trinajstić information content (AvgIpc) is 3.17. The molecule has 2 unspecified atom stereocenters. The molecule has 1 N–H and O–H groups in total. The van der Waals surface area contributed by atoms with Crippen LogP contribution in [0.2, 0.25) is 0 Å². The predicted octanol–water partition coefficient (Wildman–Crippen LogP) is 1.66. The Balaban J connectivity index is 1.79. The maximum absolute atomic E-state index is 9.57. The third kappa shape index (κ3) is 2.54. The van der Waals surface area contributed by atoms with E-state index in [1.54, 1.807) is 0 Å². The van der Waals surface area contributed by atoms with Crippen LogP contribution in [0, 0.1) is 6.92 Å². The van der Waals surface area contributed by atoms with Crippen molar-refractivity contribution in [1.29, 1.82) is 0 Å². The van der Waals surface area contributed by atoms with E-state index < -0.39 is 0 Å². The number of hydrogen-bond acceptors (Lipinski definition) is 4. The van der Waals surface area contributed by atoms with Crippen LogP contribution >= 0.6 is 0 Å². The summed E-state index contributed by atoms with van der Waals surface area (Å²) in [5.74, 6) is 2.11. The first-order chi connectivity index (χ1) is 9.20. The van der Waals surface area contributed by atoms with E-state index in [1.165, 1.54) is 25.7 Å². The van der Waals surface area contributed by atoms with Crippen molar-refractivity contribution >= 4 is 0 Å². The zero-order chi connectivity index (χ0) is 13.4. The van der Waals surface area contributed by atoms with Crippen LogP contribution in [0.5, 0.6) is 0 Å². The number of aliphatic hydroxyl groups excluding tert-OH is 1. The lowest BCUT2D eigenvalue weighted by Crippen LogP contribution is -2.46. The highest BCUT2D eigenvalue weighted by Gasteiger charge is 2.32. The van der Waals surface area contributed by atoms with Crippen molar-refractivity contribution in [3.8, 4) is 0 Å². The molecule has 106 valence electrons. The normalized spacial score (nSPS) is 28.8. The molecule has 0 radical (unpaired) electrons. The Bertz CT molecular complexity index is 441. The summed E-state index contributed by atoms with van der Waals surface area (Å²) in [5.41, 5.74) is 0. The second kappa shape index (κ2) is 5.21. The molecule has 2 heterocycles. The predicted molar refractivity (Wildman–Crippen MR) is 72.8 cm³/mol. The van der Waals surface area contributed by atoms with E-state index >= 15 is 0 Å². The van der Waals surface area contributed by atoms with E-state index in [1.807, 2.05) is 6.92 Å². The summed E-state index contributed by atoms with van der Waals surface area (Å²) in [5, 5.41) is 18.2. The number of nitrogens with zero attached hydrogens (tertiary/aromatic N) is 4. The van der Waals surface area contributed by atoms with Crippen molar-refractivity contribution in [3.05, 3.63) is 11.6 Å². The highest BCUT2D eigenvalue weighted by atomic mass is 16.3. The zero-order valence-corrected chi connectivity index (χ0v) is 11.9. The Labute approximate surface area is 114 Å². The SMILES string of the molecule is Cc1nnc(CN2C(C)CCCC2CO)n1C1CC1. The molecule has 1 aromatic rings. The van der Waals surface area contributed by atoms with Gasteiger partial charge in [-0.2, -0.15) is 0 Å². The Kier molecular flexibility index (Phi) is 3.58. The van der Waals surface area contributed by atoms with E-state index in [4.69, 9.17) is 0 Å². The molecule has 1 aromatic heterocycles. The van der Waals surface area contributed by atoms with Crippen molar-refractivity contribution in [2.24, 2.45) is 0 Å². The van der Waals surface area contributed by atoms with E-state index in [9.17, 15) is 5.11 Å². The van der Waals surface area contributed by atoms with Gasteiger partial charge in [-0.05, 0) is 39.5 Å². The minimum atomic E-state index is 0.251. The minimum Gasteiger partial charge on any atom is -0.395 e. The van der Waals surface area contributed by atoms with Gasteiger partial charge in [0.25, 0.3) is 0 Å². The lowest BCUT2D eigenvalue weighted by molar-refractivity contribution is 0.0421. The molecule has 5 nitrogen and oxygen atoms in total. The third-order valence-corrected chi connectivity index (χ3v) is 4.58. The molecule has 0 aromatic carbocycles. The Hall–Kier alpha value is -0.940. The van der Waals surface area contributed by atoms with Crippen molar-refractivity contribution in [2.45, 2.75) is 70.6 Å². The van der Waals surface area contributed by atoms with Gasteiger partial charge >= 0.3 is 0 Å². The summed E-state index contributed by atoms with van der Waals surface area (Å²) in [4.78, 5) is 2.41. The van der Waals surface area contributed by atoms with Gasteiger partial charge in [-0.3, -0.25) is 4.90 Å². The molecular weight excluding hydrogens is 240 g/mol. The van der Waals surface area contributed by atoms with Crippen molar-refractivity contribution < 1.29 is 5.11 Å². The maximum Gasteiger partial charge on any atom is 0.147 e. The first-order valence-corrected chi connectivity index (χ1v) is 7.47. The zero-order valence-electron chi connectivity index (χ0n) is 11.9. The fourth-order valence-electron chi connectivity index (χ4n) is 3.31. The molecule has 2 fully saturated rings. The number of hydrogen-bond donors (Lipinski definition) is 1. The van der Waals surface area contributed by atoms with Crippen molar-refractivity contribution in [1.82, 2.24) is 19.7 Å². The summed E-state index contributed by atoms with van der Waals surface area (Å²) in [6.07, 6.45) is 6.04. The summed E-state index contributed by atoms with van der Waals surface area (Å²) < 4.78 is 2.30. The largest absolute Gasteiger partial charge is 0.395 e. The highest BCUT2D eigenvalue weighted by Crippen LogP contribution is 2.37. The van der Waals surface area contributed by atoms with Gasteiger partial charge in [0.15, 0.2) is 0 Å². The second-order valence-electron chi connectivity index (χ2n) is 6.05. The molecule has 0 amide bonds. The monoisotopic (exact) mass is 264 g/mol. The Morgan fingerprint density at radius 3 is 2.68 bits per heavy atom. The molecule has 1 saturated carbocycles. The Morgan fingerprint density at radius 2 is 2.00 bits per heavy atom. The van der Waals surface area contributed by atoms with Gasteiger partial charge < -0.3 is 9.67 Å². The van der Waals surface area contributed by atoms with Gasteiger partial charge in [-0.25, -0.2) is 0 Å². The Morgan fingerprint density at radius 1 is 1.21 bits per heavy atom. The molecule has 5 heteroatoms.